The molecule has 6 nitrogen and oxygen atoms in total. The smallest absolute Gasteiger partial charge is 0.389 e. The van der Waals surface area contributed by atoms with Crippen molar-refractivity contribution in [2.45, 2.75) is 89.6 Å². The first-order valence-corrected chi connectivity index (χ1v) is 16.2. The molecule has 0 aliphatic heterocycles. The minimum Gasteiger partial charge on any atom is -0.462 e. The van der Waals surface area contributed by atoms with E-state index < -0.39 is 37.7 Å². The molecule has 0 unspecified atom stereocenters. The van der Waals surface area contributed by atoms with Crippen LogP contribution >= 0.6 is 0 Å². The van der Waals surface area contributed by atoms with Gasteiger partial charge in [0.2, 0.25) is 0 Å². The van der Waals surface area contributed by atoms with Gasteiger partial charge in [-0.05, 0) is 83.7 Å². The minimum atomic E-state index is -4.07. The number of esters is 2. The quantitative estimate of drug-likeness (QED) is 0.105. The number of carbonyl (C=O) groups is 2. The molecule has 46 heavy (non-hydrogen) atoms. The maximum atomic E-state index is 12.5. The number of aryl methyl sites for hydroxylation is 1. The Hall–Kier alpha value is -3.43. The molecule has 0 atom stereocenters. The van der Waals surface area contributed by atoms with Crippen molar-refractivity contribution in [3.05, 3.63) is 83.0 Å². The summed E-state index contributed by atoms with van der Waals surface area (Å²) in [6.07, 6.45) is 2.80. The Morgan fingerprint density at radius 1 is 0.826 bits per heavy atom. The molecule has 2 aromatic carbocycles. The van der Waals surface area contributed by atoms with Crippen LogP contribution in [0.15, 0.2) is 60.7 Å². The third-order valence-electron chi connectivity index (χ3n) is 8.84. The van der Waals surface area contributed by atoms with Crippen LogP contribution < -0.4 is 0 Å². The predicted molar refractivity (Wildman–Crippen MR) is 172 cm³/mol. The highest BCUT2D eigenvalue weighted by molar-refractivity contribution is 5.88. The van der Waals surface area contributed by atoms with Crippen molar-refractivity contribution in [3.63, 3.8) is 0 Å². The van der Waals surface area contributed by atoms with Crippen molar-refractivity contribution >= 4 is 11.9 Å². The molecule has 0 heterocycles. The Morgan fingerprint density at radius 2 is 1.43 bits per heavy atom. The summed E-state index contributed by atoms with van der Waals surface area (Å²) in [5, 5.41) is 18.3. The van der Waals surface area contributed by atoms with E-state index in [0.29, 0.717) is 31.1 Å². The highest BCUT2D eigenvalue weighted by Gasteiger charge is 2.27. The summed E-state index contributed by atoms with van der Waals surface area (Å²) in [5.41, 5.74) is 6.45. The molecular weight excluding hydrogens is 597 g/mol. The molecule has 0 aromatic heterocycles. The molecule has 1 aliphatic carbocycles. The largest absolute Gasteiger partial charge is 0.462 e. The van der Waals surface area contributed by atoms with E-state index in [1.54, 1.807) is 0 Å². The van der Waals surface area contributed by atoms with E-state index in [2.05, 4.69) is 44.3 Å². The molecule has 0 saturated heterocycles. The Labute approximate surface area is 270 Å². The highest BCUT2D eigenvalue weighted by Crippen LogP contribution is 2.39. The van der Waals surface area contributed by atoms with E-state index in [1.165, 1.54) is 11.1 Å². The number of aliphatic hydroxyl groups is 2. The number of unbranched alkanes of at least 4 members (excludes halogenated alkanes) is 1. The van der Waals surface area contributed by atoms with Crippen LogP contribution in [-0.2, 0) is 38.3 Å². The van der Waals surface area contributed by atoms with Gasteiger partial charge in [-0.15, -0.1) is 0 Å². The van der Waals surface area contributed by atoms with Crippen molar-refractivity contribution in [1.82, 2.24) is 0 Å². The zero-order valence-corrected chi connectivity index (χ0v) is 26.8. The summed E-state index contributed by atoms with van der Waals surface area (Å²) in [6.45, 7) is 8.33. The van der Waals surface area contributed by atoms with Gasteiger partial charge in [0.15, 0.2) is 0 Å². The summed E-state index contributed by atoms with van der Waals surface area (Å²) in [6, 6.07) is 12.7. The SMILES string of the molecule is C=C(CO)C(=O)OCCc1ccc(-c2ccc(C3CCC(CCCCC(F)(F)F)CC3)cc2CC)cc1CCOC(=O)C(=C)CO. The number of carbonyl (C=O) groups excluding carboxylic acids is 2. The first-order valence-electron chi connectivity index (χ1n) is 16.2. The van der Waals surface area contributed by atoms with Gasteiger partial charge >= 0.3 is 18.1 Å². The number of benzene rings is 2. The van der Waals surface area contributed by atoms with E-state index in [4.69, 9.17) is 19.7 Å². The van der Waals surface area contributed by atoms with E-state index in [-0.39, 0.29) is 30.8 Å². The maximum Gasteiger partial charge on any atom is 0.389 e. The fraction of sp³-hybridized carbons (Fsp3) is 0.514. The third kappa shape index (κ3) is 11.4. The second kappa shape index (κ2) is 18.0. The molecule has 252 valence electrons. The molecule has 2 aromatic rings. The van der Waals surface area contributed by atoms with Gasteiger partial charge in [-0.25, -0.2) is 9.59 Å². The zero-order valence-electron chi connectivity index (χ0n) is 26.8. The van der Waals surface area contributed by atoms with E-state index in [9.17, 15) is 22.8 Å². The molecule has 1 aliphatic rings. The lowest BCUT2D eigenvalue weighted by Gasteiger charge is -2.29. The number of aliphatic hydroxyl groups excluding tert-OH is 2. The Morgan fingerprint density at radius 3 is 2.00 bits per heavy atom. The van der Waals surface area contributed by atoms with Gasteiger partial charge in [-0.1, -0.05) is 69.3 Å². The van der Waals surface area contributed by atoms with Crippen molar-refractivity contribution in [1.29, 1.82) is 0 Å². The number of rotatable bonds is 17. The lowest BCUT2D eigenvalue weighted by Crippen LogP contribution is -2.14. The second-order valence-electron chi connectivity index (χ2n) is 12.1. The Balaban J connectivity index is 1.71. The van der Waals surface area contributed by atoms with Crippen molar-refractivity contribution in [3.8, 4) is 11.1 Å². The second-order valence-corrected chi connectivity index (χ2v) is 12.1. The molecule has 1 saturated carbocycles. The topological polar surface area (TPSA) is 93.1 Å². The van der Waals surface area contributed by atoms with Gasteiger partial charge in [0, 0.05) is 19.3 Å². The maximum absolute atomic E-state index is 12.5. The highest BCUT2D eigenvalue weighted by atomic mass is 19.4. The molecular formula is C37H47F3O6. The zero-order chi connectivity index (χ0) is 33.7. The van der Waals surface area contributed by atoms with Crippen LogP contribution in [-0.4, -0.2) is 54.8 Å². The van der Waals surface area contributed by atoms with Crippen molar-refractivity contribution < 1.29 is 42.4 Å². The van der Waals surface area contributed by atoms with Gasteiger partial charge in [-0.3, -0.25) is 0 Å². The predicted octanol–water partition coefficient (Wildman–Crippen LogP) is 7.58. The van der Waals surface area contributed by atoms with E-state index >= 15 is 0 Å². The lowest BCUT2D eigenvalue weighted by atomic mass is 9.76. The minimum absolute atomic E-state index is 0.0185. The molecule has 3 rings (SSSR count). The van der Waals surface area contributed by atoms with Crippen LogP contribution in [0, 0.1) is 5.92 Å². The molecule has 2 N–H and O–H groups in total. The number of ether oxygens (including phenoxy) is 2. The standard InChI is InChI=1S/C37H47F3O6/c1-4-28-21-31(29-10-8-27(9-11-29)7-5-6-18-37(38,39)40)14-15-34(28)33-13-12-30(16-19-45-35(43)25(2)23-41)32(22-33)17-20-46-36(44)26(3)24-42/h12-15,21-22,27,29,41-42H,2-11,16-20,23-24H2,1H3. The molecule has 0 spiro atoms. The molecule has 0 radical (unpaired) electrons. The fourth-order valence-electron chi connectivity index (χ4n) is 6.10. The first-order chi connectivity index (χ1) is 21.9. The van der Waals surface area contributed by atoms with E-state index in [1.807, 2.05) is 12.1 Å². The third-order valence-corrected chi connectivity index (χ3v) is 8.84. The summed E-state index contributed by atoms with van der Waals surface area (Å²) >= 11 is 0. The number of hydrogen-bond acceptors (Lipinski definition) is 6. The van der Waals surface area contributed by atoms with Gasteiger partial charge in [-0.2, -0.15) is 13.2 Å². The molecule has 9 heteroatoms. The Kier molecular flexibility index (Phi) is 14.5. The van der Waals surface area contributed by atoms with Crippen LogP contribution in [0.2, 0.25) is 0 Å². The van der Waals surface area contributed by atoms with Crippen LogP contribution in [0.25, 0.3) is 11.1 Å². The van der Waals surface area contributed by atoms with Crippen molar-refractivity contribution in [2.24, 2.45) is 5.92 Å². The van der Waals surface area contributed by atoms with Crippen LogP contribution in [0.5, 0.6) is 0 Å². The summed E-state index contributed by atoms with van der Waals surface area (Å²) in [4.78, 5) is 24.0. The number of hydrogen-bond donors (Lipinski definition) is 2. The number of alkyl halides is 3. The monoisotopic (exact) mass is 644 g/mol. The molecule has 1 fully saturated rings. The van der Waals surface area contributed by atoms with Gasteiger partial charge in [0.05, 0.1) is 37.6 Å². The Bertz CT molecular complexity index is 1340. The normalized spacial score (nSPS) is 16.6. The number of halogens is 3. The van der Waals surface area contributed by atoms with E-state index in [0.717, 1.165) is 60.8 Å². The lowest BCUT2D eigenvalue weighted by molar-refractivity contribution is -0.140. The van der Waals surface area contributed by atoms with Gasteiger partial charge < -0.3 is 19.7 Å². The van der Waals surface area contributed by atoms with Crippen LogP contribution in [0.4, 0.5) is 13.2 Å². The van der Waals surface area contributed by atoms with Crippen LogP contribution in [0.1, 0.15) is 86.5 Å². The van der Waals surface area contributed by atoms with Gasteiger partial charge in [0.25, 0.3) is 0 Å². The summed E-state index contributed by atoms with van der Waals surface area (Å²) in [5.74, 6) is -0.365. The van der Waals surface area contributed by atoms with Crippen molar-refractivity contribution in [2.75, 3.05) is 26.4 Å². The average Bonchev–Trinajstić information content (AvgIpc) is 3.05. The van der Waals surface area contributed by atoms with Crippen LogP contribution in [0.3, 0.4) is 0 Å². The molecule has 0 amide bonds. The summed E-state index contributed by atoms with van der Waals surface area (Å²) < 4.78 is 47.9. The molecule has 0 bridgehead atoms. The summed E-state index contributed by atoms with van der Waals surface area (Å²) in [7, 11) is 0. The first kappa shape index (κ1) is 37.0. The average molecular weight is 645 g/mol. The fourth-order valence-corrected chi connectivity index (χ4v) is 6.10. The van der Waals surface area contributed by atoms with Gasteiger partial charge in [0.1, 0.15) is 0 Å².